The second-order valence-electron chi connectivity index (χ2n) is 6.19. The molecule has 1 aliphatic rings. The summed E-state index contributed by atoms with van der Waals surface area (Å²) >= 11 is 0. The van der Waals surface area contributed by atoms with Gasteiger partial charge < -0.3 is 9.47 Å². The standard InChI is InChI=1S/C17H27N3O5S/c1-4-14(5-2)25-17(21)15-8-6-7-11-20(15)26(22,23)19-13-9-10-16(24-3)18-12-13/h9-10,12,14-15,19H,4-8,11H2,1-3H3/t15-/m0/s1. The zero-order valence-electron chi connectivity index (χ0n) is 15.5. The molecule has 0 aliphatic carbocycles. The van der Waals surface area contributed by atoms with E-state index in [2.05, 4.69) is 9.71 Å². The number of nitrogens with zero attached hydrogens (tertiary/aromatic N) is 2. The lowest BCUT2D eigenvalue weighted by Gasteiger charge is -2.33. The maximum Gasteiger partial charge on any atom is 0.324 e. The Morgan fingerprint density at radius 1 is 1.35 bits per heavy atom. The molecule has 1 N–H and O–H groups in total. The van der Waals surface area contributed by atoms with Crippen molar-refractivity contribution in [1.29, 1.82) is 0 Å². The number of carbonyl (C=O) groups excluding carboxylic acids is 1. The van der Waals surface area contributed by atoms with Crippen LogP contribution >= 0.6 is 0 Å². The molecule has 0 aromatic carbocycles. The third-order valence-electron chi connectivity index (χ3n) is 4.42. The number of hydrogen-bond donors (Lipinski definition) is 1. The Morgan fingerprint density at radius 2 is 2.08 bits per heavy atom. The number of carbonyl (C=O) groups is 1. The van der Waals surface area contributed by atoms with Gasteiger partial charge in [0.15, 0.2) is 0 Å². The molecule has 1 aliphatic heterocycles. The van der Waals surface area contributed by atoms with Crippen LogP contribution in [0.3, 0.4) is 0 Å². The van der Waals surface area contributed by atoms with Crippen molar-refractivity contribution in [2.75, 3.05) is 18.4 Å². The Morgan fingerprint density at radius 3 is 2.65 bits per heavy atom. The van der Waals surface area contributed by atoms with Gasteiger partial charge >= 0.3 is 16.2 Å². The molecule has 0 radical (unpaired) electrons. The molecule has 26 heavy (non-hydrogen) atoms. The van der Waals surface area contributed by atoms with Gasteiger partial charge in [0.05, 0.1) is 19.0 Å². The first-order chi connectivity index (χ1) is 12.4. The summed E-state index contributed by atoms with van der Waals surface area (Å²) in [5, 5.41) is 0. The number of nitrogens with one attached hydrogen (secondary N) is 1. The van der Waals surface area contributed by atoms with Gasteiger partial charge in [-0.15, -0.1) is 0 Å². The maximum atomic E-state index is 12.8. The Balaban J connectivity index is 2.14. The van der Waals surface area contributed by atoms with E-state index in [1.807, 2.05) is 13.8 Å². The number of pyridine rings is 1. The van der Waals surface area contributed by atoms with Gasteiger partial charge in [-0.2, -0.15) is 12.7 Å². The van der Waals surface area contributed by atoms with E-state index in [0.717, 1.165) is 6.42 Å². The van der Waals surface area contributed by atoms with E-state index in [-0.39, 0.29) is 12.6 Å². The first kappa shape index (κ1) is 20.4. The summed E-state index contributed by atoms with van der Waals surface area (Å²) in [5.74, 6) is -0.0887. The van der Waals surface area contributed by atoms with E-state index < -0.39 is 22.2 Å². The normalized spacial score (nSPS) is 18.5. The van der Waals surface area contributed by atoms with Gasteiger partial charge in [-0.1, -0.05) is 13.8 Å². The van der Waals surface area contributed by atoms with Crippen molar-refractivity contribution in [2.45, 2.75) is 58.1 Å². The van der Waals surface area contributed by atoms with Gasteiger partial charge in [-0.3, -0.25) is 9.52 Å². The minimum absolute atomic E-state index is 0.187. The van der Waals surface area contributed by atoms with Crippen molar-refractivity contribution in [3.8, 4) is 5.88 Å². The highest BCUT2D eigenvalue weighted by Gasteiger charge is 2.38. The number of ether oxygens (including phenoxy) is 2. The lowest BCUT2D eigenvalue weighted by molar-refractivity contribution is -0.155. The molecule has 2 heterocycles. The second-order valence-corrected chi connectivity index (χ2v) is 7.82. The number of piperidine rings is 1. The molecule has 0 saturated carbocycles. The lowest BCUT2D eigenvalue weighted by atomic mass is 10.1. The number of anilines is 1. The summed E-state index contributed by atoms with van der Waals surface area (Å²) in [6.07, 6.45) is 4.55. The molecule has 0 amide bonds. The van der Waals surface area contributed by atoms with Gasteiger partial charge in [0.25, 0.3) is 0 Å². The van der Waals surface area contributed by atoms with Crippen LogP contribution < -0.4 is 9.46 Å². The Hall–Kier alpha value is -1.87. The lowest BCUT2D eigenvalue weighted by Crippen LogP contribution is -2.51. The largest absolute Gasteiger partial charge is 0.481 e. The van der Waals surface area contributed by atoms with Crippen LogP contribution in [0.25, 0.3) is 0 Å². The Bertz CT molecular complexity index is 689. The number of hydrogen-bond acceptors (Lipinski definition) is 6. The zero-order chi connectivity index (χ0) is 19.2. The van der Waals surface area contributed by atoms with Crippen molar-refractivity contribution in [1.82, 2.24) is 9.29 Å². The van der Waals surface area contributed by atoms with Gasteiger partial charge in [-0.25, -0.2) is 4.98 Å². The maximum absolute atomic E-state index is 12.8. The van der Waals surface area contributed by atoms with Crippen molar-refractivity contribution >= 4 is 21.9 Å². The van der Waals surface area contributed by atoms with Crippen LogP contribution in [0.1, 0.15) is 46.0 Å². The molecular formula is C17H27N3O5S. The van der Waals surface area contributed by atoms with Crippen LogP contribution in [0.5, 0.6) is 5.88 Å². The van der Waals surface area contributed by atoms with Crippen molar-refractivity contribution in [3.63, 3.8) is 0 Å². The van der Waals surface area contributed by atoms with Gasteiger partial charge in [0.2, 0.25) is 5.88 Å². The smallest absolute Gasteiger partial charge is 0.324 e. The minimum atomic E-state index is -3.90. The van der Waals surface area contributed by atoms with Crippen molar-refractivity contribution in [3.05, 3.63) is 18.3 Å². The zero-order valence-corrected chi connectivity index (χ0v) is 16.3. The molecule has 1 atom stereocenters. The van der Waals surface area contributed by atoms with Gasteiger partial charge in [0, 0.05) is 12.6 Å². The fourth-order valence-corrected chi connectivity index (χ4v) is 4.33. The molecule has 8 nitrogen and oxygen atoms in total. The van der Waals surface area contributed by atoms with Gasteiger partial charge in [-0.05, 0) is 38.2 Å². The first-order valence-electron chi connectivity index (χ1n) is 8.91. The molecule has 1 aromatic heterocycles. The van der Waals surface area contributed by atoms with E-state index >= 15 is 0 Å². The molecular weight excluding hydrogens is 358 g/mol. The molecule has 2 rings (SSSR count). The molecule has 0 bridgehead atoms. The fourth-order valence-electron chi connectivity index (χ4n) is 2.90. The number of aromatic nitrogens is 1. The summed E-state index contributed by atoms with van der Waals surface area (Å²) in [5.41, 5.74) is 0.309. The van der Waals surface area contributed by atoms with E-state index in [9.17, 15) is 13.2 Å². The molecule has 1 saturated heterocycles. The Kier molecular flexibility index (Phi) is 7.22. The first-order valence-corrected chi connectivity index (χ1v) is 10.3. The molecule has 1 fully saturated rings. The van der Waals surface area contributed by atoms with Crippen molar-refractivity contribution in [2.24, 2.45) is 0 Å². The molecule has 146 valence electrons. The predicted molar refractivity (Wildman–Crippen MR) is 98.1 cm³/mol. The minimum Gasteiger partial charge on any atom is -0.481 e. The third kappa shape index (κ3) is 5.07. The topological polar surface area (TPSA) is 97.8 Å². The molecule has 0 unspecified atom stereocenters. The highest BCUT2D eigenvalue weighted by atomic mass is 32.2. The number of rotatable bonds is 8. The highest BCUT2D eigenvalue weighted by molar-refractivity contribution is 7.90. The Labute approximate surface area is 155 Å². The number of esters is 1. The van der Waals surface area contributed by atoms with E-state index in [4.69, 9.17) is 9.47 Å². The monoisotopic (exact) mass is 385 g/mol. The summed E-state index contributed by atoms with van der Waals surface area (Å²) in [6, 6.07) is 2.32. The summed E-state index contributed by atoms with van der Waals surface area (Å²) in [7, 11) is -2.42. The van der Waals surface area contributed by atoms with Gasteiger partial charge in [0.1, 0.15) is 12.1 Å². The molecule has 0 spiro atoms. The van der Waals surface area contributed by atoms with Crippen LogP contribution in [-0.4, -0.2) is 49.5 Å². The average Bonchev–Trinajstić information content (AvgIpc) is 2.66. The van der Waals surface area contributed by atoms with E-state index in [0.29, 0.717) is 37.3 Å². The molecule has 1 aromatic rings. The average molecular weight is 385 g/mol. The van der Waals surface area contributed by atoms with Crippen LogP contribution in [0.2, 0.25) is 0 Å². The highest BCUT2D eigenvalue weighted by Crippen LogP contribution is 2.24. The summed E-state index contributed by atoms with van der Waals surface area (Å²) in [6.45, 7) is 4.16. The van der Waals surface area contributed by atoms with Crippen LogP contribution in [0.15, 0.2) is 18.3 Å². The second kappa shape index (κ2) is 9.18. The van der Waals surface area contributed by atoms with Crippen LogP contribution in [0, 0.1) is 0 Å². The van der Waals surface area contributed by atoms with Crippen LogP contribution in [-0.2, 0) is 19.7 Å². The van der Waals surface area contributed by atoms with E-state index in [1.165, 1.54) is 17.6 Å². The fraction of sp³-hybridized carbons (Fsp3) is 0.647. The van der Waals surface area contributed by atoms with E-state index in [1.54, 1.807) is 12.1 Å². The number of methoxy groups -OCH3 is 1. The predicted octanol–water partition coefficient (Wildman–Crippen LogP) is 2.33. The summed E-state index contributed by atoms with van der Waals surface area (Å²) < 4.78 is 39.7. The quantitative estimate of drug-likeness (QED) is 0.690. The SMILES string of the molecule is CCC(CC)OC(=O)[C@@H]1CCCCN1S(=O)(=O)Nc1ccc(OC)nc1. The summed E-state index contributed by atoms with van der Waals surface area (Å²) in [4.78, 5) is 16.5. The molecule has 9 heteroatoms. The third-order valence-corrected chi connectivity index (χ3v) is 5.97. The van der Waals surface area contributed by atoms with Crippen molar-refractivity contribution < 1.29 is 22.7 Å². The van der Waals surface area contributed by atoms with Crippen LogP contribution in [0.4, 0.5) is 5.69 Å².